The number of amides is 1. The van der Waals surface area contributed by atoms with Crippen molar-refractivity contribution in [2.24, 2.45) is 0 Å². The lowest BCUT2D eigenvalue weighted by Gasteiger charge is -2.10. The van der Waals surface area contributed by atoms with Gasteiger partial charge in [0.25, 0.3) is 5.91 Å². The van der Waals surface area contributed by atoms with E-state index in [1.807, 2.05) is 25.1 Å². The van der Waals surface area contributed by atoms with Crippen LogP contribution in [0.15, 0.2) is 42.5 Å². The Labute approximate surface area is 125 Å². The normalized spacial score (nSPS) is 10.3. The van der Waals surface area contributed by atoms with Crippen molar-refractivity contribution in [2.45, 2.75) is 13.3 Å². The summed E-state index contributed by atoms with van der Waals surface area (Å²) in [5.74, 6) is -0.573. The minimum Gasteiger partial charge on any atom is -0.322 e. The maximum absolute atomic E-state index is 12.8. The second kappa shape index (κ2) is 6.14. The van der Waals surface area contributed by atoms with E-state index in [1.165, 1.54) is 24.3 Å². The van der Waals surface area contributed by atoms with Crippen molar-refractivity contribution >= 4 is 34.2 Å². The molecular weight excluding hydrogens is 356 g/mol. The molecule has 98 valence electrons. The average Bonchev–Trinajstić information content (AvgIpc) is 2.41. The summed E-state index contributed by atoms with van der Waals surface area (Å²) >= 11 is 2.24. The standard InChI is InChI=1S/C15H13FINO/c1-2-10-9-13(17)7-8-14(10)18-15(19)11-3-5-12(16)6-4-11/h3-9H,2H2,1H3,(H,18,19). The molecule has 0 fully saturated rings. The summed E-state index contributed by atoms with van der Waals surface area (Å²) in [5, 5.41) is 2.86. The Morgan fingerprint density at radius 2 is 1.89 bits per heavy atom. The molecule has 0 heterocycles. The van der Waals surface area contributed by atoms with E-state index in [1.54, 1.807) is 0 Å². The van der Waals surface area contributed by atoms with Gasteiger partial charge in [0, 0.05) is 14.8 Å². The van der Waals surface area contributed by atoms with E-state index in [-0.39, 0.29) is 11.7 Å². The first kappa shape index (κ1) is 14.0. The van der Waals surface area contributed by atoms with Gasteiger partial charge in [-0.25, -0.2) is 4.39 Å². The fraction of sp³-hybridized carbons (Fsp3) is 0.133. The highest BCUT2D eigenvalue weighted by molar-refractivity contribution is 14.1. The van der Waals surface area contributed by atoms with Crippen LogP contribution in [0.5, 0.6) is 0 Å². The molecule has 0 saturated heterocycles. The summed E-state index contributed by atoms with van der Waals surface area (Å²) in [5.41, 5.74) is 2.33. The van der Waals surface area contributed by atoms with Crippen molar-refractivity contribution in [1.29, 1.82) is 0 Å². The zero-order chi connectivity index (χ0) is 13.8. The number of halogens is 2. The van der Waals surface area contributed by atoms with Crippen molar-refractivity contribution in [3.05, 3.63) is 63.0 Å². The quantitative estimate of drug-likeness (QED) is 0.806. The summed E-state index contributed by atoms with van der Waals surface area (Å²) in [4.78, 5) is 12.0. The Balaban J connectivity index is 2.21. The van der Waals surface area contributed by atoms with Gasteiger partial charge in [0.2, 0.25) is 0 Å². The minimum atomic E-state index is -0.347. The third-order valence-corrected chi connectivity index (χ3v) is 3.47. The Kier molecular flexibility index (Phi) is 4.52. The van der Waals surface area contributed by atoms with E-state index >= 15 is 0 Å². The monoisotopic (exact) mass is 369 g/mol. The summed E-state index contributed by atoms with van der Waals surface area (Å²) in [7, 11) is 0. The second-order valence-corrected chi connectivity index (χ2v) is 5.36. The highest BCUT2D eigenvalue weighted by Crippen LogP contribution is 2.20. The van der Waals surface area contributed by atoms with E-state index < -0.39 is 0 Å². The molecule has 0 aliphatic heterocycles. The number of anilines is 1. The molecule has 1 N–H and O–H groups in total. The number of hydrogen-bond acceptors (Lipinski definition) is 1. The third kappa shape index (κ3) is 3.53. The number of benzene rings is 2. The smallest absolute Gasteiger partial charge is 0.255 e. The van der Waals surface area contributed by atoms with Gasteiger partial charge in [0.05, 0.1) is 0 Å². The zero-order valence-electron chi connectivity index (χ0n) is 10.4. The number of aryl methyl sites for hydroxylation is 1. The summed E-state index contributed by atoms with van der Waals surface area (Å²) in [6, 6.07) is 11.4. The van der Waals surface area contributed by atoms with Crippen molar-refractivity contribution in [2.75, 3.05) is 5.32 Å². The largest absolute Gasteiger partial charge is 0.322 e. The molecule has 1 amide bonds. The molecular formula is C15H13FINO. The molecule has 0 radical (unpaired) electrons. The number of carbonyl (C=O) groups is 1. The molecule has 2 aromatic carbocycles. The van der Waals surface area contributed by atoms with Crippen LogP contribution >= 0.6 is 22.6 Å². The van der Waals surface area contributed by atoms with Gasteiger partial charge in [-0.2, -0.15) is 0 Å². The zero-order valence-corrected chi connectivity index (χ0v) is 12.6. The van der Waals surface area contributed by atoms with Crippen LogP contribution < -0.4 is 5.32 Å². The highest BCUT2D eigenvalue weighted by Gasteiger charge is 2.08. The molecule has 0 atom stereocenters. The van der Waals surface area contributed by atoms with E-state index in [2.05, 4.69) is 27.9 Å². The molecule has 2 nitrogen and oxygen atoms in total. The molecule has 0 spiro atoms. The highest BCUT2D eigenvalue weighted by atomic mass is 127. The predicted molar refractivity (Wildman–Crippen MR) is 82.9 cm³/mol. The van der Waals surface area contributed by atoms with Crippen LogP contribution in [0.25, 0.3) is 0 Å². The maximum atomic E-state index is 12.8. The van der Waals surface area contributed by atoms with Crippen molar-refractivity contribution in [3.8, 4) is 0 Å². The number of rotatable bonds is 3. The summed E-state index contributed by atoms with van der Waals surface area (Å²) in [6.45, 7) is 2.04. The summed E-state index contributed by atoms with van der Waals surface area (Å²) < 4.78 is 13.9. The lowest BCUT2D eigenvalue weighted by molar-refractivity contribution is 0.102. The van der Waals surface area contributed by atoms with Crippen LogP contribution in [-0.4, -0.2) is 5.91 Å². The number of nitrogens with one attached hydrogen (secondary N) is 1. The van der Waals surface area contributed by atoms with Crippen LogP contribution in [0.3, 0.4) is 0 Å². The molecule has 0 saturated carbocycles. The van der Waals surface area contributed by atoms with Crippen LogP contribution in [0, 0.1) is 9.39 Å². The molecule has 0 aliphatic carbocycles. The lowest BCUT2D eigenvalue weighted by atomic mass is 10.1. The van der Waals surface area contributed by atoms with Crippen molar-refractivity contribution in [3.63, 3.8) is 0 Å². The van der Waals surface area contributed by atoms with E-state index in [9.17, 15) is 9.18 Å². The Bertz CT molecular complexity index is 596. The third-order valence-electron chi connectivity index (χ3n) is 2.80. The predicted octanol–water partition coefficient (Wildman–Crippen LogP) is 4.25. The lowest BCUT2D eigenvalue weighted by Crippen LogP contribution is -2.13. The van der Waals surface area contributed by atoms with Gasteiger partial charge in [-0.15, -0.1) is 0 Å². The van der Waals surface area contributed by atoms with E-state index in [0.29, 0.717) is 5.56 Å². The first-order valence-corrected chi connectivity index (χ1v) is 7.03. The maximum Gasteiger partial charge on any atom is 0.255 e. The van der Waals surface area contributed by atoms with Gasteiger partial charge in [-0.1, -0.05) is 6.92 Å². The molecule has 19 heavy (non-hydrogen) atoms. The van der Waals surface area contributed by atoms with Gasteiger partial charge >= 0.3 is 0 Å². The van der Waals surface area contributed by atoms with Gasteiger partial charge < -0.3 is 5.32 Å². The molecule has 0 unspecified atom stereocenters. The topological polar surface area (TPSA) is 29.1 Å². The molecule has 2 rings (SSSR count). The fourth-order valence-electron chi connectivity index (χ4n) is 1.77. The fourth-order valence-corrected chi connectivity index (χ4v) is 2.33. The molecule has 4 heteroatoms. The number of hydrogen-bond donors (Lipinski definition) is 1. The van der Waals surface area contributed by atoms with E-state index in [0.717, 1.165) is 21.2 Å². The second-order valence-electron chi connectivity index (χ2n) is 4.12. The van der Waals surface area contributed by atoms with Crippen LogP contribution in [0.4, 0.5) is 10.1 Å². The Morgan fingerprint density at radius 1 is 1.21 bits per heavy atom. The molecule has 2 aromatic rings. The first-order valence-electron chi connectivity index (χ1n) is 5.95. The molecule has 0 aliphatic rings. The van der Waals surface area contributed by atoms with Crippen LogP contribution in [0.2, 0.25) is 0 Å². The molecule has 0 bridgehead atoms. The van der Waals surface area contributed by atoms with Gasteiger partial charge in [0.1, 0.15) is 5.82 Å². The van der Waals surface area contributed by atoms with Crippen molar-refractivity contribution in [1.82, 2.24) is 0 Å². The number of carbonyl (C=O) groups excluding carboxylic acids is 1. The Hall–Kier alpha value is -1.43. The molecule has 0 aromatic heterocycles. The van der Waals surface area contributed by atoms with Crippen molar-refractivity contribution < 1.29 is 9.18 Å². The van der Waals surface area contributed by atoms with Crippen LogP contribution in [-0.2, 0) is 6.42 Å². The average molecular weight is 369 g/mol. The SMILES string of the molecule is CCc1cc(I)ccc1NC(=O)c1ccc(F)cc1. The van der Waals surface area contributed by atoms with Gasteiger partial charge in [0.15, 0.2) is 0 Å². The van der Waals surface area contributed by atoms with Gasteiger partial charge in [-0.05, 0) is 77.0 Å². The summed E-state index contributed by atoms with van der Waals surface area (Å²) in [6.07, 6.45) is 0.843. The van der Waals surface area contributed by atoms with Gasteiger partial charge in [-0.3, -0.25) is 4.79 Å². The van der Waals surface area contributed by atoms with E-state index in [4.69, 9.17) is 0 Å². The Morgan fingerprint density at radius 3 is 2.53 bits per heavy atom. The first-order chi connectivity index (χ1) is 9.10. The minimum absolute atomic E-state index is 0.226. The van der Waals surface area contributed by atoms with Crippen LogP contribution in [0.1, 0.15) is 22.8 Å².